The van der Waals surface area contributed by atoms with Crippen molar-refractivity contribution in [3.63, 3.8) is 0 Å². The van der Waals surface area contributed by atoms with Gasteiger partial charge < -0.3 is 10.1 Å². The number of rotatable bonds is 6. The molecule has 1 N–H and O–H groups in total. The zero-order valence-corrected chi connectivity index (χ0v) is 11.0. The second-order valence-corrected chi connectivity index (χ2v) is 4.46. The first kappa shape index (κ1) is 16.2. The Labute approximate surface area is 113 Å². The third-order valence-corrected chi connectivity index (χ3v) is 2.83. The van der Waals surface area contributed by atoms with Crippen molar-refractivity contribution in [3.05, 3.63) is 34.6 Å². The highest BCUT2D eigenvalue weighted by atomic mass is 35.5. The fraction of sp³-hybridized carbons (Fsp3) is 0.500. The normalized spacial score (nSPS) is 13.6. The van der Waals surface area contributed by atoms with Crippen LogP contribution in [0.5, 0.6) is 0 Å². The number of benzene rings is 1. The fourth-order valence-corrected chi connectivity index (χ4v) is 1.76. The van der Waals surface area contributed by atoms with Crippen molar-refractivity contribution >= 4 is 11.6 Å². The van der Waals surface area contributed by atoms with E-state index in [0.29, 0.717) is 12.0 Å². The van der Waals surface area contributed by atoms with Gasteiger partial charge in [0.05, 0.1) is 6.61 Å². The van der Waals surface area contributed by atoms with Crippen LogP contribution in [0.4, 0.5) is 17.6 Å². The van der Waals surface area contributed by atoms with E-state index < -0.39 is 18.6 Å². The molecule has 1 rings (SSSR count). The van der Waals surface area contributed by atoms with Crippen LogP contribution in [0.3, 0.4) is 0 Å². The Morgan fingerprint density at radius 1 is 1.37 bits per heavy atom. The lowest BCUT2D eigenvalue weighted by atomic mass is 10.1. The monoisotopic (exact) mass is 299 g/mol. The van der Waals surface area contributed by atoms with E-state index >= 15 is 0 Å². The minimum Gasteiger partial charge on any atom is -0.370 e. The molecule has 0 aliphatic carbocycles. The molecular formula is C12H14ClF4NO. The minimum atomic E-state index is -4.34. The van der Waals surface area contributed by atoms with Gasteiger partial charge >= 0.3 is 6.18 Å². The minimum absolute atomic E-state index is 0.107. The number of halogens is 5. The first-order valence-electron chi connectivity index (χ1n) is 5.57. The van der Waals surface area contributed by atoms with Crippen molar-refractivity contribution in [2.75, 3.05) is 20.3 Å². The maximum Gasteiger partial charge on any atom is 0.411 e. The molecule has 0 aromatic heterocycles. The second-order valence-electron chi connectivity index (χ2n) is 4.06. The van der Waals surface area contributed by atoms with Gasteiger partial charge in [0.15, 0.2) is 0 Å². The van der Waals surface area contributed by atoms with Crippen molar-refractivity contribution in [2.24, 2.45) is 0 Å². The molecule has 2 nitrogen and oxygen atoms in total. The number of hydrogen-bond donors (Lipinski definition) is 1. The molecule has 1 aromatic carbocycles. The molecule has 0 heterocycles. The Kier molecular flexibility index (Phi) is 6.03. The predicted octanol–water partition coefficient (Wildman–Crippen LogP) is 3.19. The summed E-state index contributed by atoms with van der Waals surface area (Å²) in [4.78, 5) is 0. The molecule has 0 saturated heterocycles. The largest absolute Gasteiger partial charge is 0.411 e. The Hall–Kier alpha value is -0.850. The van der Waals surface area contributed by atoms with Gasteiger partial charge in [-0.25, -0.2) is 4.39 Å². The molecule has 0 fully saturated rings. The average Bonchev–Trinajstić information content (AvgIpc) is 2.29. The van der Waals surface area contributed by atoms with E-state index in [1.54, 1.807) is 7.05 Å². The van der Waals surface area contributed by atoms with Gasteiger partial charge in [0, 0.05) is 11.1 Å². The summed E-state index contributed by atoms with van der Waals surface area (Å²) in [7, 11) is 1.61. The number of alkyl halides is 3. The highest BCUT2D eigenvalue weighted by Gasteiger charge is 2.27. The molecule has 0 aliphatic rings. The number of nitrogens with one attached hydrogen (secondary N) is 1. The molecule has 108 valence electrons. The zero-order valence-electron chi connectivity index (χ0n) is 10.2. The zero-order chi connectivity index (χ0) is 14.5. The number of hydrogen-bond acceptors (Lipinski definition) is 2. The molecule has 1 atom stereocenters. The van der Waals surface area contributed by atoms with Gasteiger partial charge in [-0.15, -0.1) is 0 Å². The Balaban J connectivity index is 2.52. The quantitative estimate of drug-likeness (QED) is 0.815. The van der Waals surface area contributed by atoms with Crippen LogP contribution in [0, 0.1) is 5.82 Å². The highest BCUT2D eigenvalue weighted by molar-refractivity contribution is 6.31. The molecule has 1 unspecified atom stereocenters. The molecule has 0 bridgehead atoms. The third kappa shape index (κ3) is 6.22. The summed E-state index contributed by atoms with van der Waals surface area (Å²) in [5, 5.41) is 3.08. The summed E-state index contributed by atoms with van der Waals surface area (Å²) in [6, 6.07) is 3.60. The average molecular weight is 300 g/mol. The van der Waals surface area contributed by atoms with Gasteiger partial charge in [0.2, 0.25) is 0 Å². The van der Waals surface area contributed by atoms with Crippen LogP contribution in [0.25, 0.3) is 0 Å². The lowest BCUT2D eigenvalue weighted by Gasteiger charge is -2.18. The number of likely N-dealkylation sites (N-methyl/N-ethyl adjacent to an activating group) is 1. The molecule has 0 spiro atoms. The van der Waals surface area contributed by atoms with Crippen LogP contribution in [0.15, 0.2) is 18.2 Å². The van der Waals surface area contributed by atoms with E-state index in [2.05, 4.69) is 10.1 Å². The molecule has 0 radical (unpaired) electrons. The van der Waals surface area contributed by atoms with E-state index in [1.807, 2.05) is 0 Å². The first-order valence-corrected chi connectivity index (χ1v) is 5.95. The fourth-order valence-electron chi connectivity index (χ4n) is 1.51. The van der Waals surface area contributed by atoms with Crippen LogP contribution in [0.1, 0.15) is 5.56 Å². The van der Waals surface area contributed by atoms with Gasteiger partial charge in [0.25, 0.3) is 0 Å². The van der Waals surface area contributed by atoms with E-state index in [1.165, 1.54) is 18.2 Å². The van der Waals surface area contributed by atoms with Gasteiger partial charge in [-0.1, -0.05) is 17.7 Å². The molecule has 0 aliphatic heterocycles. The van der Waals surface area contributed by atoms with Gasteiger partial charge in [-0.2, -0.15) is 13.2 Å². The Morgan fingerprint density at radius 2 is 2.05 bits per heavy atom. The summed E-state index contributed by atoms with van der Waals surface area (Å²) in [5.41, 5.74) is 0.651. The summed E-state index contributed by atoms with van der Waals surface area (Å²) < 4.78 is 53.2. The summed E-state index contributed by atoms with van der Waals surface area (Å²) >= 11 is 5.85. The lowest BCUT2D eigenvalue weighted by Crippen LogP contribution is -2.34. The second kappa shape index (κ2) is 7.07. The van der Waals surface area contributed by atoms with Crippen LogP contribution < -0.4 is 5.32 Å². The Morgan fingerprint density at radius 3 is 2.58 bits per heavy atom. The van der Waals surface area contributed by atoms with Crippen molar-refractivity contribution in [1.82, 2.24) is 5.32 Å². The molecule has 0 amide bonds. The van der Waals surface area contributed by atoms with Gasteiger partial charge in [-0.3, -0.25) is 0 Å². The van der Waals surface area contributed by atoms with Crippen molar-refractivity contribution in [1.29, 1.82) is 0 Å². The standard InChI is InChI=1S/C12H14ClF4NO/c1-18-10(6-19-7-12(15,16)17)4-8-2-3-9(14)5-11(8)13/h2-3,5,10,18H,4,6-7H2,1H3. The SMILES string of the molecule is CNC(COCC(F)(F)F)Cc1ccc(F)cc1Cl. The van der Waals surface area contributed by atoms with Crippen LogP contribution in [-0.4, -0.2) is 32.5 Å². The number of ether oxygens (including phenoxy) is 1. The van der Waals surface area contributed by atoms with E-state index in [9.17, 15) is 17.6 Å². The topological polar surface area (TPSA) is 21.3 Å². The van der Waals surface area contributed by atoms with Crippen molar-refractivity contribution in [3.8, 4) is 0 Å². The highest BCUT2D eigenvalue weighted by Crippen LogP contribution is 2.19. The molecule has 1 aromatic rings. The van der Waals surface area contributed by atoms with Crippen molar-refractivity contribution < 1.29 is 22.3 Å². The summed E-state index contributed by atoms with van der Waals surface area (Å²) in [6.07, 6.45) is -3.99. The molecule has 19 heavy (non-hydrogen) atoms. The third-order valence-electron chi connectivity index (χ3n) is 2.47. The van der Waals surface area contributed by atoms with E-state index in [4.69, 9.17) is 11.6 Å². The van der Waals surface area contributed by atoms with E-state index in [-0.39, 0.29) is 17.7 Å². The van der Waals surface area contributed by atoms with E-state index in [0.717, 1.165) is 0 Å². The van der Waals surface area contributed by atoms with Gasteiger partial charge in [-0.05, 0) is 31.2 Å². The van der Waals surface area contributed by atoms with Crippen molar-refractivity contribution in [2.45, 2.75) is 18.6 Å². The Bertz CT molecular complexity index is 411. The van der Waals surface area contributed by atoms with Crippen LogP contribution >= 0.6 is 11.6 Å². The smallest absolute Gasteiger partial charge is 0.370 e. The molecule has 0 saturated carbocycles. The predicted molar refractivity (Wildman–Crippen MR) is 64.8 cm³/mol. The van der Waals surface area contributed by atoms with Crippen LogP contribution in [-0.2, 0) is 11.2 Å². The molecular weight excluding hydrogens is 286 g/mol. The maximum atomic E-state index is 12.9. The maximum absolute atomic E-state index is 12.9. The first-order chi connectivity index (χ1) is 8.81. The summed E-state index contributed by atoms with van der Waals surface area (Å²) in [6.45, 7) is -1.40. The molecule has 7 heteroatoms. The van der Waals surface area contributed by atoms with Gasteiger partial charge in [0.1, 0.15) is 12.4 Å². The lowest BCUT2D eigenvalue weighted by molar-refractivity contribution is -0.175. The van der Waals surface area contributed by atoms with Crippen LogP contribution in [0.2, 0.25) is 5.02 Å². The summed E-state index contributed by atoms with van der Waals surface area (Å²) in [5.74, 6) is -0.455.